The summed E-state index contributed by atoms with van der Waals surface area (Å²) in [5.41, 5.74) is 2.40. The van der Waals surface area contributed by atoms with Crippen LogP contribution >= 0.6 is 11.6 Å². The first-order chi connectivity index (χ1) is 6.22. The lowest BCUT2D eigenvalue weighted by Gasteiger charge is -2.03. The minimum absolute atomic E-state index is 0.136. The van der Waals surface area contributed by atoms with Gasteiger partial charge in [-0.25, -0.2) is 0 Å². The summed E-state index contributed by atoms with van der Waals surface area (Å²) >= 11 is 5.64. The van der Waals surface area contributed by atoms with Gasteiger partial charge in [-0.3, -0.25) is 4.79 Å². The normalized spacial score (nSPS) is 9.69. The zero-order chi connectivity index (χ0) is 9.68. The van der Waals surface area contributed by atoms with Gasteiger partial charge in [0.15, 0.2) is 0 Å². The highest BCUT2D eigenvalue weighted by molar-refractivity contribution is 6.30. The molecule has 0 saturated heterocycles. The molecule has 1 aromatic carbocycles. The summed E-state index contributed by atoms with van der Waals surface area (Å²) in [7, 11) is 0. The fourth-order valence-corrected chi connectivity index (χ4v) is 0.936. The Hall–Kier alpha value is -1.10. The van der Waals surface area contributed by atoms with E-state index in [1.54, 1.807) is 29.7 Å². The Balaban J connectivity index is 2.54. The van der Waals surface area contributed by atoms with Crippen LogP contribution in [0, 0.1) is 0 Å². The Bertz CT molecular complexity index is 287. The molecule has 0 spiro atoms. The van der Waals surface area contributed by atoms with E-state index in [0.717, 1.165) is 0 Å². The number of halogens is 1. The van der Waals surface area contributed by atoms with E-state index >= 15 is 0 Å². The molecule has 0 aliphatic rings. The number of amides is 1. The second kappa shape index (κ2) is 4.81. The fraction of sp³-hybridized carbons (Fsp3) is 0.125. The molecule has 0 fully saturated rings. The molecule has 0 aliphatic heterocycles. The van der Waals surface area contributed by atoms with Crippen molar-refractivity contribution in [2.75, 3.05) is 11.9 Å². The van der Waals surface area contributed by atoms with Crippen LogP contribution in [0.2, 0.25) is 5.02 Å². The maximum Gasteiger partial charge on any atom is 0.240 e. The Kier molecular flexibility index (Phi) is 3.70. The van der Waals surface area contributed by atoms with Crippen molar-refractivity contribution in [1.82, 2.24) is 5.48 Å². The largest absolute Gasteiger partial charge is 0.325 e. The van der Waals surface area contributed by atoms with Gasteiger partial charge in [-0.1, -0.05) is 11.6 Å². The number of hydroxylamine groups is 1. The van der Waals surface area contributed by atoms with Gasteiger partial charge in [0.1, 0.15) is 6.54 Å². The van der Waals surface area contributed by atoms with E-state index < -0.39 is 0 Å². The van der Waals surface area contributed by atoms with E-state index in [1.807, 2.05) is 0 Å². The van der Waals surface area contributed by atoms with Crippen LogP contribution in [0.5, 0.6) is 0 Å². The average Bonchev–Trinajstić information content (AvgIpc) is 2.09. The van der Waals surface area contributed by atoms with Gasteiger partial charge in [-0.05, 0) is 24.3 Å². The van der Waals surface area contributed by atoms with E-state index in [2.05, 4.69) is 5.32 Å². The molecule has 13 heavy (non-hydrogen) atoms. The van der Waals surface area contributed by atoms with Crippen LogP contribution in [0.15, 0.2) is 24.3 Å². The molecule has 0 aromatic heterocycles. The van der Waals surface area contributed by atoms with Crippen LogP contribution in [-0.4, -0.2) is 17.7 Å². The van der Waals surface area contributed by atoms with Crippen molar-refractivity contribution in [3.8, 4) is 0 Å². The van der Waals surface area contributed by atoms with Gasteiger partial charge >= 0.3 is 0 Å². The number of nitrogens with one attached hydrogen (secondary N) is 2. The molecule has 1 amide bonds. The van der Waals surface area contributed by atoms with Gasteiger partial charge in [-0.15, -0.1) is 0 Å². The first-order valence-corrected chi connectivity index (χ1v) is 4.02. The zero-order valence-electron chi connectivity index (χ0n) is 6.75. The molecule has 1 rings (SSSR count). The molecule has 0 bridgehead atoms. The monoisotopic (exact) mass is 200 g/mol. The summed E-state index contributed by atoms with van der Waals surface area (Å²) in [5.74, 6) is -0.315. The first-order valence-electron chi connectivity index (χ1n) is 3.65. The van der Waals surface area contributed by atoms with Crippen molar-refractivity contribution in [2.45, 2.75) is 0 Å². The van der Waals surface area contributed by atoms with Crippen molar-refractivity contribution in [2.24, 2.45) is 0 Å². The number of anilines is 1. The Labute approximate surface area is 80.5 Å². The van der Waals surface area contributed by atoms with Crippen LogP contribution < -0.4 is 10.8 Å². The summed E-state index contributed by atoms with van der Waals surface area (Å²) in [6.07, 6.45) is 0. The fourth-order valence-electron chi connectivity index (χ4n) is 0.810. The second-order valence-corrected chi connectivity index (χ2v) is 2.83. The molecular weight excluding hydrogens is 192 g/mol. The van der Waals surface area contributed by atoms with Crippen LogP contribution in [0.1, 0.15) is 0 Å². The van der Waals surface area contributed by atoms with E-state index in [4.69, 9.17) is 16.8 Å². The molecule has 70 valence electrons. The lowest BCUT2D eigenvalue weighted by Crippen LogP contribution is -2.25. The van der Waals surface area contributed by atoms with E-state index in [0.29, 0.717) is 10.7 Å². The lowest BCUT2D eigenvalue weighted by molar-refractivity contribution is -0.116. The van der Waals surface area contributed by atoms with Crippen molar-refractivity contribution >= 4 is 23.2 Å². The maximum atomic E-state index is 10.9. The minimum Gasteiger partial charge on any atom is -0.325 e. The SMILES string of the molecule is O=C(CNO)Nc1ccc(Cl)cc1. The zero-order valence-corrected chi connectivity index (χ0v) is 7.51. The molecule has 4 nitrogen and oxygen atoms in total. The molecule has 3 N–H and O–H groups in total. The second-order valence-electron chi connectivity index (χ2n) is 2.39. The van der Waals surface area contributed by atoms with Crippen molar-refractivity contribution in [3.63, 3.8) is 0 Å². The molecule has 1 aromatic rings. The van der Waals surface area contributed by atoms with Gasteiger partial charge in [0.2, 0.25) is 5.91 Å². The molecule has 0 saturated carbocycles. The highest BCUT2D eigenvalue weighted by atomic mass is 35.5. The van der Waals surface area contributed by atoms with Gasteiger partial charge < -0.3 is 10.5 Å². The third-order valence-corrected chi connectivity index (χ3v) is 1.62. The molecule has 0 radical (unpaired) electrons. The standard InChI is InChI=1S/C8H9ClN2O2/c9-6-1-3-7(4-2-6)11-8(12)5-10-13/h1-4,10,13H,5H2,(H,11,12). The number of carbonyl (C=O) groups excluding carboxylic acids is 1. The van der Waals surface area contributed by atoms with Gasteiger partial charge in [-0.2, -0.15) is 5.48 Å². The molecule has 5 heteroatoms. The Morgan fingerprint density at radius 3 is 2.54 bits per heavy atom. The summed E-state index contributed by atoms with van der Waals surface area (Å²) in [4.78, 5) is 10.9. The number of hydrogen-bond donors (Lipinski definition) is 3. The number of hydrogen-bond acceptors (Lipinski definition) is 3. The maximum absolute atomic E-state index is 10.9. The summed E-state index contributed by atoms with van der Waals surface area (Å²) in [6.45, 7) is -0.136. The summed E-state index contributed by atoms with van der Waals surface area (Å²) in [5, 5.41) is 11.4. The number of carbonyl (C=O) groups is 1. The van der Waals surface area contributed by atoms with E-state index in [9.17, 15) is 4.79 Å². The highest BCUT2D eigenvalue weighted by Gasteiger charge is 1.99. The van der Waals surface area contributed by atoms with Crippen LogP contribution in [0.4, 0.5) is 5.69 Å². The van der Waals surface area contributed by atoms with Gasteiger partial charge in [0, 0.05) is 10.7 Å². The van der Waals surface area contributed by atoms with Crippen LogP contribution in [0.25, 0.3) is 0 Å². The smallest absolute Gasteiger partial charge is 0.240 e. The van der Waals surface area contributed by atoms with E-state index in [-0.39, 0.29) is 12.5 Å². The third kappa shape index (κ3) is 3.42. The average molecular weight is 201 g/mol. The molecule has 0 unspecified atom stereocenters. The molecule has 0 atom stereocenters. The predicted molar refractivity (Wildman–Crippen MR) is 49.9 cm³/mol. The van der Waals surface area contributed by atoms with Crippen molar-refractivity contribution in [3.05, 3.63) is 29.3 Å². The highest BCUT2D eigenvalue weighted by Crippen LogP contribution is 2.12. The van der Waals surface area contributed by atoms with E-state index in [1.165, 1.54) is 0 Å². The van der Waals surface area contributed by atoms with Crippen LogP contribution in [0.3, 0.4) is 0 Å². The van der Waals surface area contributed by atoms with Gasteiger partial charge in [0.25, 0.3) is 0 Å². The number of benzene rings is 1. The Morgan fingerprint density at radius 1 is 1.38 bits per heavy atom. The Morgan fingerprint density at radius 2 is 2.00 bits per heavy atom. The predicted octanol–water partition coefficient (Wildman–Crippen LogP) is 1.26. The third-order valence-electron chi connectivity index (χ3n) is 1.37. The number of rotatable bonds is 3. The molecule has 0 heterocycles. The quantitative estimate of drug-likeness (QED) is 0.644. The lowest BCUT2D eigenvalue weighted by atomic mass is 10.3. The van der Waals surface area contributed by atoms with Crippen molar-refractivity contribution in [1.29, 1.82) is 0 Å². The van der Waals surface area contributed by atoms with Crippen molar-refractivity contribution < 1.29 is 10.0 Å². The minimum atomic E-state index is -0.315. The summed E-state index contributed by atoms with van der Waals surface area (Å²) in [6, 6.07) is 6.70. The van der Waals surface area contributed by atoms with Crippen LogP contribution in [-0.2, 0) is 4.79 Å². The topological polar surface area (TPSA) is 61.4 Å². The van der Waals surface area contributed by atoms with Gasteiger partial charge in [0.05, 0.1) is 0 Å². The first kappa shape index (κ1) is 9.98. The molecule has 0 aliphatic carbocycles. The summed E-state index contributed by atoms with van der Waals surface area (Å²) < 4.78 is 0. The molecular formula is C8H9ClN2O2.